The first-order valence-electron chi connectivity index (χ1n) is 35.8. The van der Waals surface area contributed by atoms with Gasteiger partial charge in [0.15, 0.2) is 16.9 Å². The molecule has 3 saturated heterocycles. The molecule has 3 aliphatic rings. The minimum atomic E-state index is 0.201. The third-order valence-electron chi connectivity index (χ3n) is 20.0. The van der Waals surface area contributed by atoms with Crippen LogP contribution < -0.4 is 14.7 Å². The number of benzene rings is 7. The van der Waals surface area contributed by atoms with Crippen LogP contribution in [0.5, 0.6) is 0 Å². The Balaban J connectivity index is 0.000000118. The number of halogens is 1. The molecule has 0 aliphatic carbocycles. The first-order valence-corrected chi connectivity index (χ1v) is 38.7. The summed E-state index contributed by atoms with van der Waals surface area (Å²) in [6.45, 7) is 11.0. The van der Waals surface area contributed by atoms with Gasteiger partial charge in [0.1, 0.15) is 36.4 Å². The standard InChI is InChI=1S/C32H28N6S.C26H23ClN6S.C26H24N6S/c1-4-10-24(11-5-1)28-16-17-29(39-28)30(25-12-6-2-7-13-25)36-18-20-37(21-19-36)31-27-22-35-38(32(27)34-23-33-31)26-14-8-3-9-15-26;27-23-12-11-22(34-23)24(19-7-3-1-4-8-19)31-13-15-32(16-14-31)25-21-17-30-33(26(21)29-18-28-25)20-9-5-2-6-10-20;1-3-7-20(8-4-1)24(21-11-16-33-18-21)30-12-14-31(15-13-30)25-23-17-29-32(26(23)28-19-27-25)22-9-5-2-6-10-22/h1-17,22-23,30H,18-21H2;1-12,17-18,24H,13-16H2;1-11,16-19,24H,12-15H2. The second kappa shape index (κ2) is 31.7. The van der Waals surface area contributed by atoms with Crippen molar-refractivity contribution in [2.24, 2.45) is 0 Å². The van der Waals surface area contributed by atoms with Crippen LogP contribution in [0.3, 0.4) is 0 Å². The van der Waals surface area contributed by atoms with Crippen LogP contribution in [0.1, 0.15) is 50.1 Å². The quantitative estimate of drug-likeness (QED) is 0.0902. The van der Waals surface area contributed by atoms with E-state index in [9.17, 15) is 0 Å². The highest BCUT2D eigenvalue weighted by atomic mass is 35.5. The molecule has 106 heavy (non-hydrogen) atoms. The van der Waals surface area contributed by atoms with E-state index in [0.29, 0.717) is 0 Å². The van der Waals surface area contributed by atoms with Gasteiger partial charge < -0.3 is 14.7 Å². The number of para-hydroxylation sites is 3. The predicted octanol–water partition coefficient (Wildman–Crippen LogP) is 16.7. The number of hydrogen-bond acceptors (Lipinski definition) is 18. The summed E-state index contributed by atoms with van der Waals surface area (Å²) in [4.78, 5) is 46.5. The van der Waals surface area contributed by atoms with E-state index in [1.165, 1.54) is 42.4 Å². The van der Waals surface area contributed by atoms with Crippen LogP contribution in [-0.2, 0) is 0 Å². The fourth-order valence-electron chi connectivity index (χ4n) is 14.9. The molecular formula is C84H75ClN18S3. The van der Waals surface area contributed by atoms with Crippen LogP contribution >= 0.6 is 45.6 Å². The average molecular weight is 1470 g/mol. The van der Waals surface area contributed by atoms with E-state index in [1.54, 1.807) is 41.7 Å². The Morgan fingerprint density at radius 2 is 0.651 bits per heavy atom. The highest BCUT2D eigenvalue weighted by molar-refractivity contribution is 7.16. The molecule has 0 bridgehead atoms. The summed E-state index contributed by atoms with van der Waals surface area (Å²) in [6, 6.07) is 85.1. The van der Waals surface area contributed by atoms with Crippen molar-refractivity contribution in [1.29, 1.82) is 0 Å². The molecule has 3 unspecified atom stereocenters. The molecule has 526 valence electrons. The number of thiophene rings is 3. The molecule has 0 N–H and O–H groups in total. The molecular weight excluding hydrogens is 1390 g/mol. The van der Waals surface area contributed by atoms with Crippen molar-refractivity contribution in [3.63, 3.8) is 0 Å². The van der Waals surface area contributed by atoms with Crippen LogP contribution in [0.2, 0.25) is 4.34 Å². The summed E-state index contributed by atoms with van der Waals surface area (Å²) < 4.78 is 6.48. The van der Waals surface area contributed by atoms with Gasteiger partial charge in [0.25, 0.3) is 0 Å². The molecule has 12 heterocycles. The number of nitrogens with zero attached hydrogens (tertiary/aromatic N) is 18. The fourth-order valence-corrected chi connectivity index (χ4v) is 18.0. The minimum Gasteiger partial charge on any atom is -0.353 e. The summed E-state index contributed by atoms with van der Waals surface area (Å²) >= 11 is 11.6. The summed E-state index contributed by atoms with van der Waals surface area (Å²) in [5.41, 5.74) is 12.1. The lowest BCUT2D eigenvalue weighted by molar-refractivity contribution is 0.212. The molecule has 0 radical (unpaired) electrons. The molecule has 19 rings (SSSR count). The zero-order valence-corrected chi connectivity index (χ0v) is 61.3. The molecule has 3 aliphatic heterocycles. The van der Waals surface area contributed by atoms with Crippen molar-refractivity contribution in [3.8, 4) is 27.5 Å². The van der Waals surface area contributed by atoms with Crippen LogP contribution in [0, 0.1) is 0 Å². The van der Waals surface area contributed by atoms with Gasteiger partial charge in [-0.05, 0) is 105 Å². The summed E-state index contributed by atoms with van der Waals surface area (Å²) in [5, 5.41) is 21.3. The summed E-state index contributed by atoms with van der Waals surface area (Å²) in [5.74, 6) is 2.87. The van der Waals surface area contributed by atoms with Gasteiger partial charge in [-0.25, -0.2) is 43.9 Å². The van der Waals surface area contributed by atoms with Crippen LogP contribution in [0.4, 0.5) is 17.5 Å². The SMILES string of the molecule is Clc1ccc(C(c2ccccc2)N2CCN(c3ncnc4c3cnn4-c3ccccc3)CC2)s1.c1ccc(-c2ccc(C(c3ccccc3)N3CCN(c4ncnc5c4cnn5-c4ccccc4)CC3)s2)cc1.c1ccc(C(c2ccsc2)N2CCN(c3ncnc4c3cnn4-c3ccccc3)CC2)cc1. The first-order chi connectivity index (χ1) is 52.5. The molecule has 16 aromatic rings. The van der Waals surface area contributed by atoms with Gasteiger partial charge in [0, 0.05) is 93.2 Å². The van der Waals surface area contributed by atoms with E-state index >= 15 is 0 Å². The monoisotopic (exact) mass is 1470 g/mol. The average Bonchev–Trinajstić information content (AvgIpc) is 1.64. The maximum atomic E-state index is 6.31. The zero-order chi connectivity index (χ0) is 71.0. The second-order valence-electron chi connectivity index (χ2n) is 26.3. The van der Waals surface area contributed by atoms with E-state index in [-0.39, 0.29) is 18.1 Å². The van der Waals surface area contributed by atoms with E-state index in [0.717, 1.165) is 150 Å². The van der Waals surface area contributed by atoms with Gasteiger partial charge in [-0.1, -0.05) is 188 Å². The zero-order valence-electron chi connectivity index (χ0n) is 58.1. The van der Waals surface area contributed by atoms with Gasteiger partial charge in [0.2, 0.25) is 0 Å². The number of rotatable bonds is 16. The number of piperazine rings is 3. The Morgan fingerprint density at radius 3 is 1.01 bits per heavy atom. The van der Waals surface area contributed by atoms with E-state index < -0.39 is 0 Å². The van der Waals surface area contributed by atoms with Gasteiger partial charge >= 0.3 is 0 Å². The summed E-state index contributed by atoms with van der Waals surface area (Å²) in [6.07, 6.45) is 10.6. The molecule has 18 nitrogen and oxygen atoms in total. The normalized spacial score (nSPS) is 15.4. The van der Waals surface area contributed by atoms with E-state index in [1.807, 2.05) is 141 Å². The molecule has 9 aromatic heterocycles. The minimum absolute atomic E-state index is 0.201. The maximum Gasteiger partial charge on any atom is 0.168 e. The van der Waals surface area contributed by atoms with E-state index in [2.05, 4.69) is 226 Å². The topological polar surface area (TPSA) is 150 Å². The smallest absolute Gasteiger partial charge is 0.168 e. The molecule has 0 saturated carbocycles. The lowest BCUT2D eigenvalue weighted by atomic mass is 9.99. The van der Waals surface area contributed by atoms with Crippen molar-refractivity contribution in [2.75, 3.05) is 93.2 Å². The highest BCUT2D eigenvalue weighted by Crippen LogP contribution is 2.41. The van der Waals surface area contributed by atoms with Gasteiger partial charge in [-0.2, -0.15) is 26.6 Å². The first kappa shape index (κ1) is 68.0. The maximum absolute atomic E-state index is 6.31. The van der Waals surface area contributed by atoms with E-state index in [4.69, 9.17) is 16.6 Å². The van der Waals surface area contributed by atoms with Gasteiger partial charge in [-0.15, -0.1) is 22.7 Å². The predicted molar refractivity (Wildman–Crippen MR) is 430 cm³/mol. The van der Waals surface area contributed by atoms with Crippen LogP contribution in [0.25, 0.3) is 60.6 Å². The Kier molecular flexibility index (Phi) is 20.3. The number of hydrogen-bond donors (Lipinski definition) is 0. The van der Waals surface area contributed by atoms with Crippen molar-refractivity contribution in [2.45, 2.75) is 18.1 Å². The Hall–Kier alpha value is -11.1. The highest BCUT2D eigenvalue weighted by Gasteiger charge is 2.33. The van der Waals surface area contributed by atoms with Crippen LogP contribution in [0.15, 0.2) is 291 Å². The lowest BCUT2D eigenvalue weighted by Gasteiger charge is -2.40. The Morgan fingerprint density at radius 1 is 0.311 bits per heavy atom. The molecule has 22 heteroatoms. The second-order valence-corrected chi connectivity index (χ2v) is 29.9. The van der Waals surface area contributed by atoms with Crippen molar-refractivity contribution in [1.82, 2.24) is 73.9 Å². The molecule has 7 aromatic carbocycles. The number of fused-ring (bicyclic) bond motifs is 3. The molecule has 0 spiro atoms. The Bertz CT molecular complexity index is 5470. The lowest BCUT2D eigenvalue weighted by Crippen LogP contribution is -2.48. The fraction of sp³-hybridized carbons (Fsp3) is 0.179. The molecule has 3 atom stereocenters. The third-order valence-corrected chi connectivity index (χ3v) is 23.2. The third kappa shape index (κ3) is 14.5. The largest absolute Gasteiger partial charge is 0.353 e. The number of anilines is 3. The van der Waals surface area contributed by atoms with Crippen molar-refractivity contribution in [3.05, 3.63) is 327 Å². The number of aromatic nitrogens is 12. The Labute approximate surface area is 632 Å². The van der Waals surface area contributed by atoms with Gasteiger partial charge in [-0.3, -0.25) is 14.7 Å². The van der Waals surface area contributed by atoms with Crippen molar-refractivity contribution < 1.29 is 0 Å². The molecule has 0 amide bonds. The molecule has 3 fully saturated rings. The van der Waals surface area contributed by atoms with Crippen molar-refractivity contribution >= 4 is 96.2 Å². The summed E-state index contributed by atoms with van der Waals surface area (Å²) in [7, 11) is 0. The van der Waals surface area contributed by atoms with Gasteiger partial charge in [0.05, 0.1) is 74.3 Å². The van der Waals surface area contributed by atoms with Crippen LogP contribution in [-0.4, -0.2) is 152 Å².